The van der Waals surface area contributed by atoms with E-state index < -0.39 is 0 Å². The van der Waals surface area contributed by atoms with Gasteiger partial charge < -0.3 is 5.32 Å². The predicted octanol–water partition coefficient (Wildman–Crippen LogP) is 3.39. The lowest BCUT2D eigenvalue weighted by molar-refractivity contribution is 0.102. The molecule has 1 aromatic heterocycles. The molecular weight excluding hydrogens is 250 g/mol. The van der Waals surface area contributed by atoms with Crippen LogP contribution in [0.5, 0.6) is 0 Å². The van der Waals surface area contributed by atoms with Gasteiger partial charge in [0.2, 0.25) is 0 Å². The number of carbonyl (C=O) groups is 1. The molecule has 1 heterocycles. The zero-order valence-electron chi connectivity index (χ0n) is 12.7. The molecule has 1 N–H and O–H groups in total. The molecule has 106 valence electrons. The van der Waals surface area contributed by atoms with Crippen molar-refractivity contribution in [3.8, 4) is 0 Å². The number of nitrogens with one attached hydrogen (secondary N) is 1. The summed E-state index contributed by atoms with van der Waals surface area (Å²) in [6, 6.07) is 6.04. The van der Waals surface area contributed by atoms with Gasteiger partial charge in [-0.3, -0.25) is 9.48 Å². The SMILES string of the molecule is CCn1nc(C)c(C(=O)Nc2cc(C)ccc2C)c1C. The molecule has 0 aliphatic carbocycles. The van der Waals surface area contributed by atoms with E-state index in [1.54, 1.807) is 0 Å². The molecule has 0 fully saturated rings. The van der Waals surface area contributed by atoms with Gasteiger partial charge >= 0.3 is 0 Å². The Hall–Kier alpha value is -2.10. The van der Waals surface area contributed by atoms with Crippen molar-refractivity contribution in [2.24, 2.45) is 0 Å². The van der Waals surface area contributed by atoms with Crippen LogP contribution in [-0.4, -0.2) is 15.7 Å². The van der Waals surface area contributed by atoms with Crippen molar-refractivity contribution in [2.45, 2.75) is 41.2 Å². The molecule has 0 radical (unpaired) electrons. The summed E-state index contributed by atoms with van der Waals surface area (Å²) in [7, 11) is 0. The Morgan fingerprint density at radius 1 is 1.25 bits per heavy atom. The van der Waals surface area contributed by atoms with E-state index in [1.165, 1.54) is 0 Å². The Bertz CT molecular complexity index is 656. The fourth-order valence-electron chi connectivity index (χ4n) is 2.39. The van der Waals surface area contributed by atoms with Gasteiger partial charge in [-0.15, -0.1) is 0 Å². The van der Waals surface area contributed by atoms with Crippen molar-refractivity contribution in [2.75, 3.05) is 5.32 Å². The van der Waals surface area contributed by atoms with Crippen LogP contribution in [0.3, 0.4) is 0 Å². The van der Waals surface area contributed by atoms with Crippen LogP contribution in [0.2, 0.25) is 0 Å². The maximum absolute atomic E-state index is 12.5. The topological polar surface area (TPSA) is 46.9 Å². The van der Waals surface area contributed by atoms with Crippen LogP contribution in [0.4, 0.5) is 5.69 Å². The largest absolute Gasteiger partial charge is 0.322 e. The molecule has 0 aliphatic heterocycles. The standard InChI is InChI=1S/C16H21N3O/c1-6-19-13(5)15(12(4)18-19)16(20)17-14-9-10(2)7-8-11(14)3/h7-9H,6H2,1-5H3,(H,17,20). The van der Waals surface area contributed by atoms with E-state index in [0.717, 1.165) is 34.7 Å². The van der Waals surface area contributed by atoms with E-state index in [2.05, 4.69) is 10.4 Å². The third kappa shape index (κ3) is 2.59. The maximum Gasteiger partial charge on any atom is 0.259 e. The molecule has 20 heavy (non-hydrogen) atoms. The maximum atomic E-state index is 12.5. The Morgan fingerprint density at radius 3 is 2.55 bits per heavy atom. The Morgan fingerprint density at radius 2 is 1.95 bits per heavy atom. The molecule has 0 saturated carbocycles. The number of rotatable bonds is 3. The number of anilines is 1. The minimum atomic E-state index is -0.0894. The van der Waals surface area contributed by atoms with Crippen molar-refractivity contribution < 1.29 is 4.79 Å². The first-order valence-electron chi connectivity index (χ1n) is 6.86. The van der Waals surface area contributed by atoms with E-state index in [-0.39, 0.29) is 5.91 Å². The first kappa shape index (κ1) is 14.3. The van der Waals surface area contributed by atoms with Crippen molar-refractivity contribution in [3.05, 3.63) is 46.3 Å². The van der Waals surface area contributed by atoms with E-state index in [4.69, 9.17) is 0 Å². The molecule has 0 spiro atoms. The lowest BCUT2D eigenvalue weighted by Gasteiger charge is -2.09. The van der Waals surface area contributed by atoms with Crippen LogP contribution in [0.25, 0.3) is 0 Å². The summed E-state index contributed by atoms with van der Waals surface area (Å²) in [5.74, 6) is -0.0894. The Kier molecular flexibility index (Phi) is 3.93. The fraction of sp³-hybridized carbons (Fsp3) is 0.375. The van der Waals surface area contributed by atoms with Crippen molar-refractivity contribution in [1.82, 2.24) is 9.78 Å². The summed E-state index contributed by atoms with van der Waals surface area (Å²) in [5, 5.41) is 7.38. The molecule has 0 saturated heterocycles. The van der Waals surface area contributed by atoms with Crippen LogP contribution < -0.4 is 5.32 Å². The molecule has 2 rings (SSSR count). The number of amides is 1. The van der Waals surface area contributed by atoms with Crippen LogP contribution in [-0.2, 0) is 6.54 Å². The molecule has 2 aromatic rings. The quantitative estimate of drug-likeness (QED) is 0.930. The van der Waals surface area contributed by atoms with Crippen molar-refractivity contribution in [3.63, 3.8) is 0 Å². The number of hydrogen-bond acceptors (Lipinski definition) is 2. The number of nitrogens with zero attached hydrogens (tertiary/aromatic N) is 2. The van der Waals surface area contributed by atoms with Gasteiger partial charge in [0.1, 0.15) is 0 Å². The molecule has 1 amide bonds. The summed E-state index contributed by atoms with van der Waals surface area (Å²) in [5.41, 5.74) is 5.40. The fourth-order valence-corrected chi connectivity index (χ4v) is 2.39. The number of hydrogen-bond donors (Lipinski definition) is 1. The smallest absolute Gasteiger partial charge is 0.259 e. The highest BCUT2D eigenvalue weighted by molar-refractivity contribution is 6.06. The molecule has 0 unspecified atom stereocenters. The zero-order chi connectivity index (χ0) is 14.9. The second-order valence-corrected chi connectivity index (χ2v) is 5.13. The third-order valence-electron chi connectivity index (χ3n) is 3.55. The number of aromatic nitrogens is 2. The van der Waals surface area contributed by atoms with E-state index in [1.807, 2.05) is 57.5 Å². The van der Waals surface area contributed by atoms with Gasteiger partial charge in [-0.1, -0.05) is 12.1 Å². The average Bonchev–Trinajstić information content (AvgIpc) is 2.68. The predicted molar refractivity (Wildman–Crippen MR) is 81.2 cm³/mol. The summed E-state index contributed by atoms with van der Waals surface area (Å²) in [4.78, 5) is 12.5. The summed E-state index contributed by atoms with van der Waals surface area (Å²) < 4.78 is 1.85. The first-order valence-corrected chi connectivity index (χ1v) is 6.86. The number of aryl methyl sites for hydroxylation is 4. The number of carbonyl (C=O) groups excluding carboxylic acids is 1. The Labute approximate surface area is 119 Å². The summed E-state index contributed by atoms with van der Waals surface area (Å²) >= 11 is 0. The number of benzene rings is 1. The highest BCUT2D eigenvalue weighted by atomic mass is 16.1. The molecular formula is C16H21N3O. The second-order valence-electron chi connectivity index (χ2n) is 5.13. The van der Waals surface area contributed by atoms with Crippen LogP contribution in [0.1, 0.15) is 39.8 Å². The van der Waals surface area contributed by atoms with Gasteiger partial charge in [0, 0.05) is 17.9 Å². The molecule has 4 heteroatoms. The third-order valence-corrected chi connectivity index (χ3v) is 3.55. The molecule has 0 bridgehead atoms. The van der Waals surface area contributed by atoms with Gasteiger partial charge in [-0.05, 0) is 51.8 Å². The molecule has 4 nitrogen and oxygen atoms in total. The normalized spacial score (nSPS) is 10.7. The Balaban J connectivity index is 2.33. The van der Waals surface area contributed by atoms with Crippen LogP contribution in [0.15, 0.2) is 18.2 Å². The minimum absolute atomic E-state index is 0.0894. The average molecular weight is 271 g/mol. The van der Waals surface area contributed by atoms with E-state index >= 15 is 0 Å². The molecule has 0 atom stereocenters. The zero-order valence-corrected chi connectivity index (χ0v) is 12.7. The van der Waals surface area contributed by atoms with Crippen LogP contribution >= 0.6 is 0 Å². The lowest BCUT2D eigenvalue weighted by atomic mass is 10.1. The molecule has 0 aliphatic rings. The van der Waals surface area contributed by atoms with Gasteiger partial charge in [0.05, 0.1) is 11.3 Å². The summed E-state index contributed by atoms with van der Waals surface area (Å²) in [6.45, 7) is 10.6. The van der Waals surface area contributed by atoms with Crippen molar-refractivity contribution in [1.29, 1.82) is 0 Å². The monoisotopic (exact) mass is 271 g/mol. The van der Waals surface area contributed by atoms with Gasteiger partial charge in [0.25, 0.3) is 5.91 Å². The van der Waals surface area contributed by atoms with Gasteiger partial charge in [0.15, 0.2) is 0 Å². The highest BCUT2D eigenvalue weighted by Crippen LogP contribution is 2.20. The van der Waals surface area contributed by atoms with E-state index in [9.17, 15) is 4.79 Å². The van der Waals surface area contributed by atoms with Crippen molar-refractivity contribution >= 4 is 11.6 Å². The second kappa shape index (κ2) is 5.49. The highest BCUT2D eigenvalue weighted by Gasteiger charge is 2.18. The van der Waals surface area contributed by atoms with Gasteiger partial charge in [-0.25, -0.2) is 0 Å². The lowest BCUT2D eigenvalue weighted by Crippen LogP contribution is -2.15. The summed E-state index contributed by atoms with van der Waals surface area (Å²) in [6.07, 6.45) is 0. The first-order chi connectivity index (χ1) is 9.43. The van der Waals surface area contributed by atoms with Gasteiger partial charge in [-0.2, -0.15) is 5.10 Å². The van der Waals surface area contributed by atoms with E-state index in [0.29, 0.717) is 5.56 Å². The molecule has 1 aromatic carbocycles. The van der Waals surface area contributed by atoms with Crippen LogP contribution in [0, 0.1) is 27.7 Å². The minimum Gasteiger partial charge on any atom is -0.322 e.